The standard InChI is InChI=1S/C11H20N6/c1-13-11(9-7-15-16-10(9)12)17(2)8-4-3-5-14-6-8/h7-8,14H,3-6H2,1-2H3,(H3,12,15,16)/t8-/m0/s1. The van der Waals surface area contributed by atoms with E-state index in [-0.39, 0.29) is 0 Å². The summed E-state index contributed by atoms with van der Waals surface area (Å²) >= 11 is 0. The second kappa shape index (κ2) is 5.18. The zero-order chi connectivity index (χ0) is 12.3. The monoisotopic (exact) mass is 236 g/mol. The maximum Gasteiger partial charge on any atom is 0.136 e. The van der Waals surface area contributed by atoms with Gasteiger partial charge in [0.1, 0.15) is 11.7 Å². The summed E-state index contributed by atoms with van der Waals surface area (Å²) < 4.78 is 0. The molecule has 2 heterocycles. The van der Waals surface area contributed by atoms with E-state index >= 15 is 0 Å². The van der Waals surface area contributed by atoms with Crippen molar-refractivity contribution in [3.63, 3.8) is 0 Å². The van der Waals surface area contributed by atoms with Crippen LogP contribution in [-0.4, -0.2) is 54.2 Å². The number of amidine groups is 1. The predicted octanol–water partition coefficient (Wildman–Crippen LogP) is 0.0521. The molecule has 0 aliphatic carbocycles. The summed E-state index contributed by atoms with van der Waals surface area (Å²) in [5.41, 5.74) is 6.72. The minimum Gasteiger partial charge on any atom is -0.383 e. The van der Waals surface area contributed by atoms with Gasteiger partial charge in [0.2, 0.25) is 0 Å². The van der Waals surface area contributed by atoms with Crippen LogP contribution in [0, 0.1) is 0 Å². The van der Waals surface area contributed by atoms with E-state index < -0.39 is 0 Å². The number of hydrogen-bond acceptors (Lipinski definition) is 4. The summed E-state index contributed by atoms with van der Waals surface area (Å²) in [6.45, 7) is 2.10. The van der Waals surface area contributed by atoms with E-state index in [0.717, 1.165) is 24.5 Å². The van der Waals surface area contributed by atoms with E-state index in [2.05, 4.69) is 32.5 Å². The number of aromatic nitrogens is 2. The van der Waals surface area contributed by atoms with Gasteiger partial charge in [0, 0.05) is 26.7 Å². The van der Waals surface area contributed by atoms with Crippen LogP contribution in [-0.2, 0) is 0 Å². The van der Waals surface area contributed by atoms with Crippen molar-refractivity contribution < 1.29 is 0 Å². The topological polar surface area (TPSA) is 82.3 Å². The largest absolute Gasteiger partial charge is 0.383 e. The van der Waals surface area contributed by atoms with Crippen LogP contribution in [0.5, 0.6) is 0 Å². The average molecular weight is 236 g/mol. The Balaban J connectivity index is 2.16. The SMILES string of the molecule is CN=C(c1cn[nH]c1N)N(C)[C@H]1CCCNC1. The molecule has 6 nitrogen and oxygen atoms in total. The molecule has 0 bridgehead atoms. The number of piperidine rings is 1. The van der Waals surface area contributed by atoms with Crippen LogP contribution < -0.4 is 11.1 Å². The molecule has 0 amide bonds. The number of nitrogen functional groups attached to an aromatic ring is 1. The Morgan fingerprint density at radius 2 is 2.47 bits per heavy atom. The molecule has 2 rings (SSSR count). The number of nitrogens with zero attached hydrogens (tertiary/aromatic N) is 3. The highest BCUT2D eigenvalue weighted by Crippen LogP contribution is 2.15. The molecule has 0 aromatic carbocycles. The van der Waals surface area contributed by atoms with Gasteiger partial charge in [-0.15, -0.1) is 0 Å². The van der Waals surface area contributed by atoms with Crippen molar-refractivity contribution in [3.05, 3.63) is 11.8 Å². The first-order valence-electron chi connectivity index (χ1n) is 5.93. The van der Waals surface area contributed by atoms with Crippen LogP contribution in [0.3, 0.4) is 0 Å². The van der Waals surface area contributed by atoms with Gasteiger partial charge in [-0.05, 0) is 19.4 Å². The molecule has 1 aromatic heterocycles. The maximum atomic E-state index is 5.84. The Morgan fingerprint density at radius 3 is 3.00 bits per heavy atom. The molecule has 0 saturated carbocycles. The predicted molar refractivity (Wildman–Crippen MR) is 69.1 cm³/mol. The lowest BCUT2D eigenvalue weighted by Crippen LogP contribution is -2.47. The van der Waals surface area contributed by atoms with Gasteiger partial charge in [-0.1, -0.05) is 0 Å². The number of likely N-dealkylation sites (N-methyl/N-ethyl adjacent to an activating group) is 1. The van der Waals surface area contributed by atoms with Gasteiger partial charge in [-0.2, -0.15) is 5.10 Å². The van der Waals surface area contributed by atoms with Crippen molar-refractivity contribution in [1.82, 2.24) is 20.4 Å². The fourth-order valence-electron chi connectivity index (χ4n) is 2.28. The molecule has 94 valence electrons. The number of aromatic amines is 1. The molecule has 4 N–H and O–H groups in total. The van der Waals surface area contributed by atoms with Gasteiger partial charge < -0.3 is 16.0 Å². The fourth-order valence-corrected chi connectivity index (χ4v) is 2.28. The number of aliphatic imine (C=N–C) groups is 1. The summed E-state index contributed by atoms with van der Waals surface area (Å²) in [7, 11) is 3.85. The third-order valence-corrected chi connectivity index (χ3v) is 3.27. The Kier molecular flexibility index (Phi) is 3.63. The highest BCUT2D eigenvalue weighted by molar-refractivity contribution is 6.02. The summed E-state index contributed by atoms with van der Waals surface area (Å²) in [5, 5.41) is 10.1. The number of nitrogens with one attached hydrogen (secondary N) is 2. The number of anilines is 1. The number of nitrogens with two attached hydrogens (primary N) is 1. The van der Waals surface area contributed by atoms with Gasteiger partial charge in [0.15, 0.2) is 0 Å². The summed E-state index contributed by atoms with van der Waals surface area (Å²) in [6, 6.07) is 0.469. The molecule has 1 fully saturated rings. The van der Waals surface area contributed by atoms with E-state index in [1.54, 1.807) is 13.2 Å². The lowest BCUT2D eigenvalue weighted by molar-refractivity contribution is 0.293. The molecule has 1 aliphatic heterocycles. The van der Waals surface area contributed by atoms with Crippen molar-refractivity contribution in [2.45, 2.75) is 18.9 Å². The van der Waals surface area contributed by atoms with Crippen LogP contribution in [0.2, 0.25) is 0 Å². The molecule has 0 unspecified atom stereocenters. The van der Waals surface area contributed by atoms with E-state index in [0.29, 0.717) is 11.9 Å². The number of hydrogen-bond donors (Lipinski definition) is 3. The van der Waals surface area contributed by atoms with E-state index in [1.807, 2.05) is 0 Å². The molecule has 6 heteroatoms. The van der Waals surface area contributed by atoms with Gasteiger partial charge in [-0.3, -0.25) is 10.1 Å². The lowest BCUT2D eigenvalue weighted by atomic mass is 10.1. The van der Waals surface area contributed by atoms with Gasteiger partial charge in [-0.25, -0.2) is 0 Å². The molecule has 0 radical (unpaired) electrons. The van der Waals surface area contributed by atoms with Crippen molar-refractivity contribution in [1.29, 1.82) is 0 Å². The Morgan fingerprint density at radius 1 is 1.65 bits per heavy atom. The van der Waals surface area contributed by atoms with Crippen molar-refractivity contribution in [2.75, 3.05) is 32.9 Å². The quantitative estimate of drug-likeness (QED) is 0.500. The smallest absolute Gasteiger partial charge is 0.136 e. The molecule has 0 spiro atoms. The Labute approximate surface area is 101 Å². The average Bonchev–Trinajstić information content (AvgIpc) is 2.78. The summed E-state index contributed by atoms with van der Waals surface area (Å²) in [4.78, 5) is 6.53. The highest BCUT2D eigenvalue weighted by Gasteiger charge is 2.22. The highest BCUT2D eigenvalue weighted by atomic mass is 15.2. The molecule has 17 heavy (non-hydrogen) atoms. The molecule has 1 aromatic rings. The zero-order valence-corrected chi connectivity index (χ0v) is 10.4. The van der Waals surface area contributed by atoms with E-state index in [1.165, 1.54) is 12.8 Å². The van der Waals surface area contributed by atoms with Gasteiger partial charge in [0.25, 0.3) is 0 Å². The summed E-state index contributed by atoms with van der Waals surface area (Å²) in [5.74, 6) is 1.46. The Hall–Kier alpha value is -1.56. The normalized spacial score (nSPS) is 21.5. The first-order chi connectivity index (χ1) is 8.24. The summed E-state index contributed by atoms with van der Waals surface area (Å²) in [6.07, 6.45) is 4.11. The zero-order valence-electron chi connectivity index (χ0n) is 10.4. The van der Waals surface area contributed by atoms with Crippen LogP contribution in [0.25, 0.3) is 0 Å². The lowest BCUT2D eigenvalue weighted by Gasteiger charge is -2.33. The molecular weight excluding hydrogens is 216 g/mol. The van der Waals surface area contributed by atoms with Crippen molar-refractivity contribution in [3.8, 4) is 0 Å². The van der Waals surface area contributed by atoms with Gasteiger partial charge >= 0.3 is 0 Å². The molecule has 1 saturated heterocycles. The van der Waals surface area contributed by atoms with E-state index in [4.69, 9.17) is 5.73 Å². The molecule has 1 atom stereocenters. The third-order valence-electron chi connectivity index (χ3n) is 3.27. The van der Waals surface area contributed by atoms with Crippen LogP contribution >= 0.6 is 0 Å². The minimum absolute atomic E-state index is 0.469. The minimum atomic E-state index is 0.469. The second-order valence-corrected chi connectivity index (χ2v) is 4.36. The third kappa shape index (κ3) is 2.41. The number of rotatable bonds is 2. The first kappa shape index (κ1) is 11.9. The van der Waals surface area contributed by atoms with Crippen molar-refractivity contribution >= 4 is 11.7 Å². The van der Waals surface area contributed by atoms with E-state index in [9.17, 15) is 0 Å². The maximum absolute atomic E-state index is 5.84. The fraction of sp³-hybridized carbons (Fsp3) is 0.636. The van der Waals surface area contributed by atoms with Crippen molar-refractivity contribution in [2.24, 2.45) is 4.99 Å². The Bertz CT molecular complexity index is 390. The second-order valence-electron chi connectivity index (χ2n) is 4.36. The first-order valence-corrected chi connectivity index (χ1v) is 5.93. The molecular formula is C11H20N6. The van der Waals surface area contributed by atoms with Crippen LogP contribution in [0.4, 0.5) is 5.82 Å². The number of H-pyrrole nitrogens is 1. The van der Waals surface area contributed by atoms with Crippen LogP contribution in [0.1, 0.15) is 18.4 Å². The van der Waals surface area contributed by atoms with Crippen LogP contribution in [0.15, 0.2) is 11.2 Å². The van der Waals surface area contributed by atoms with Gasteiger partial charge in [0.05, 0.1) is 11.8 Å². The molecule has 1 aliphatic rings.